The van der Waals surface area contributed by atoms with Crippen molar-refractivity contribution in [2.45, 2.75) is 19.3 Å². The van der Waals surface area contributed by atoms with Crippen molar-refractivity contribution in [1.29, 1.82) is 0 Å². The standard InChI is InChI=1S/C20H16BrN5O3/c1-27-15-8-4-12(5-9-15)17-10-26-16(11-28-17)18(23-25-26)20-22-19(24-29-20)13-2-6-14(21)7-3-13/h2-9,17H,10-11H2,1H3/t17-/m0/s1. The number of fused-ring (bicyclic) bond motifs is 1. The highest BCUT2D eigenvalue weighted by Crippen LogP contribution is 2.31. The Balaban J connectivity index is 1.38. The maximum atomic E-state index is 6.05. The van der Waals surface area contributed by atoms with E-state index >= 15 is 0 Å². The Kier molecular flexibility index (Phi) is 4.61. The zero-order chi connectivity index (χ0) is 19.8. The van der Waals surface area contributed by atoms with Crippen LogP contribution in [0.15, 0.2) is 57.5 Å². The van der Waals surface area contributed by atoms with E-state index in [9.17, 15) is 0 Å². The number of aromatic nitrogens is 5. The zero-order valence-electron chi connectivity index (χ0n) is 15.4. The lowest BCUT2D eigenvalue weighted by Gasteiger charge is -2.24. The van der Waals surface area contributed by atoms with Gasteiger partial charge in [0.1, 0.15) is 11.9 Å². The van der Waals surface area contributed by atoms with Gasteiger partial charge < -0.3 is 14.0 Å². The lowest BCUT2D eigenvalue weighted by Crippen LogP contribution is -2.22. The summed E-state index contributed by atoms with van der Waals surface area (Å²) >= 11 is 3.42. The Morgan fingerprint density at radius 2 is 1.90 bits per heavy atom. The summed E-state index contributed by atoms with van der Waals surface area (Å²) in [6.07, 6.45) is -0.107. The third-order valence-corrected chi connectivity index (χ3v) is 5.34. The topological polar surface area (TPSA) is 88.1 Å². The average molecular weight is 454 g/mol. The first-order chi connectivity index (χ1) is 14.2. The molecule has 1 atom stereocenters. The number of rotatable bonds is 4. The van der Waals surface area contributed by atoms with Gasteiger partial charge in [-0.25, -0.2) is 4.68 Å². The fourth-order valence-electron chi connectivity index (χ4n) is 3.23. The van der Waals surface area contributed by atoms with Crippen LogP contribution in [-0.4, -0.2) is 32.2 Å². The predicted octanol–water partition coefficient (Wildman–Crippen LogP) is 4.04. The van der Waals surface area contributed by atoms with Crippen molar-refractivity contribution in [2.75, 3.05) is 7.11 Å². The van der Waals surface area contributed by atoms with Crippen LogP contribution in [0.5, 0.6) is 5.75 Å². The number of hydrogen-bond donors (Lipinski definition) is 0. The van der Waals surface area contributed by atoms with E-state index < -0.39 is 0 Å². The highest BCUT2D eigenvalue weighted by Gasteiger charge is 2.28. The zero-order valence-corrected chi connectivity index (χ0v) is 17.0. The van der Waals surface area contributed by atoms with Gasteiger partial charge >= 0.3 is 0 Å². The van der Waals surface area contributed by atoms with Crippen molar-refractivity contribution in [2.24, 2.45) is 0 Å². The normalized spacial score (nSPS) is 15.9. The van der Waals surface area contributed by atoms with Gasteiger partial charge in [0, 0.05) is 10.0 Å². The Morgan fingerprint density at radius 3 is 2.66 bits per heavy atom. The number of nitrogens with zero attached hydrogens (tertiary/aromatic N) is 5. The Labute approximate surface area is 174 Å². The molecule has 5 rings (SSSR count). The van der Waals surface area contributed by atoms with Crippen LogP contribution in [0, 0.1) is 0 Å². The second-order valence-electron chi connectivity index (χ2n) is 6.57. The molecule has 1 aliphatic heterocycles. The van der Waals surface area contributed by atoms with Crippen molar-refractivity contribution in [3.05, 3.63) is 64.3 Å². The molecule has 0 fully saturated rings. The lowest BCUT2D eigenvalue weighted by molar-refractivity contribution is -0.00119. The van der Waals surface area contributed by atoms with Crippen molar-refractivity contribution in [3.63, 3.8) is 0 Å². The largest absolute Gasteiger partial charge is 0.497 e. The summed E-state index contributed by atoms with van der Waals surface area (Å²) < 4.78 is 19.5. The SMILES string of the molecule is COc1ccc([C@@H]2Cn3nnc(-c4nc(-c5ccc(Br)cc5)no4)c3CO2)cc1. The Morgan fingerprint density at radius 1 is 1.10 bits per heavy atom. The minimum atomic E-state index is -0.107. The predicted molar refractivity (Wildman–Crippen MR) is 107 cm³/mol. The van der Waals surface area contributed by atoms with Crippen LogP contribution in [0.3, 0.4) is 0 Å². The maximum absolute atomic E-state index is 6.05. The van der Waals surface area contributed by atoms with Gasteiger partial charge in [0.2, 0.25) is 5.82 Å². The Bertz CT molecular complexity index is 1140. The summed E-state index contributed by atoms with van der Waals surface area (Å²) in [5, 5.41) is 12.6. The van der Waals surface area contributed by atoms with Crippen LogP contribution in [0.25, 0.3) is 23.0 Å². The van der Waals surface area contributed by atoms with Crippen LogP contribution in [0.4, 0.5) is 0 Å². The molecule has 3 heterocycles. The molecule has 9 heteroatoms. The molecular weight excluding hydrogens is 438 g/mol. The van der Waals surface area contributed by atoms with Gasteiger partial charge in [0.05, 0.1) is 26.0 Å². The monoisotopic (exact) mass is 453 g/mol. The molecule has 2 aromatic carbocycles. The molecule has 1 aliphatic rings. The van der Waals surface area contributed by atoms with Gasteiger partial charge in [0.15, 0.2) is 5.69 Å². The van der Waals surface area contributed by atoms with E-state index in [2.05, 4.69) is 36.4 Å². The van der Waals surface area contributed by atoms with E-state index in [-0.39, 0.29) is 6.10 Å². The fourth-order valence-corrected chi connectivity index (χ4v) is 3.50. The minimum absolute atomic E-state index is 0.107. The number of halogens is 1. The quantitative estimate of drug-likeness (QED) is 0.460. The molecular formula is C20H16BrN5O3. The highest BCUT2D eigenvalue weighted by molar-refractivity contribution is 9.10. The average Bonchev–Trinajstić information content (AvgIpc) is 3.41. The van der Waals surface area contributed by atoms with Crippen LogP contribution >= 0.6 is 15.9 Å². The molecule has 0 spiro atoms. The summed E-state index contributed by atoms with van der Waals surface area (Å²) in [5.74, 6) is 1.64. The second-order valence-corrected chi connectivity index (χ2v) is 7.49. The molecule has 2 aromatic heterocycles. The van der Waals surface area contributed by atoms with Crippen molar-refractivity contribution in [1.82, 2.24) is 25.1 Å². The molecule has 0 aliphatic carbocycles. The van der Waals surface area contributed by atoms with Crippen LogP contribution in [0.2, 0.25) is 0 Å². The minimum Gasteiger partial charge on any atom is -0.497 e. The second kappa shape index (κ2) is 7.41. The number of methoxy groups -OCH3 is 1. The smallest absolute Gasteiger partial charge is 0.280 e. The highest BCUT2D eigenvalue weighted by atomic mass is 79.9. The molecule has 0 saturated heterocycles. The fraction of sp³-hybridized carbons (Fsp3) is 0.200. The first-order valence-electron chi connectivity index (χ1n) is 8.99. The molecule has 0 bridgehead atoms. The lowest BCUT2D eigenvalue weighted by atomic mass is 10.1. The molecule has 0 N–H and O–H groups in total. The van der Waals surface area contributed by atoms with Crippen molar-refractivity contribution >= 4 is 15.9 Å². The van der Waals surface area contributed by atoms with Gasteiger partial charge in [-0.2, -0.15) is 4.98 Å². The summed E-state index contributed by atoms with van der Waals surface area (Å²) in [4.78, 5) is 4.48. The first-order valence-corrected chi connectivity index (χ1v) is 9.78. The number of benzene rings is 2. The molecule has 0 unspecified atom stereocenters. The molecule has 146 valence electrons. The molecule has 29 heavy (non-hydrogen) atoms. The Hall–Kier alpha value is -3.04. The molecule has 8 nitrogen and oxygen atoms in total. The number of hydrogen-bond acceptors (Lipinski definition) is 7. The van der Waals surface area contributed by atoms with Crippen LogP contribution < -0.4 is 4.74 Å². The van der Waals surface area contributed by atoms with Crippen molar-refractivity contribution in [3.8, 4) is 28.7 Å². The first kappa shape index (κ1) is 18.0. The van der Waals surface area contributed by atoms with Gasteiger partial charge in [-0.1, -0.05) is 38.4 Å². The summed E-state index contributed by atoms with van der Waals surface area (Å²) in [6, 6.07) is 15.5. The summed E-state index contributed by atoms with van der Waals surface area (Å²) in [5.41, 5.74) is 3.29. The van der Waals surface area contributed by atoms with Crippen molar-refractivity contribution < 1.29 is 14.0 Å². The van der Waals surface area contributed by atoms with Gasteiger partial charge in [-0.15, -0.1) is 5.10 Å². The summed E-state index contributed by atoms with van der Waals surface area (Å²) in [7, 11) is 1.65. The van der Waals surface area contributed by atoms with E-state index in [1.54, 1.807) is 7.11 Å². The van der Waals surface area contributed by atoms with Crippen LogP contribution in [0.1, 0.15) is 17.4 Å². The van der Waals surface area contributed by atoms with E-state index in [0.717, 1.165) is 27.0 Å². The van der Waals surface area contributed by atoms with Crippen LogP contribution in [-0.2, 0) is 17.9 Å². The molecule has 0 amide bonds. The third kappa shape index (κ3) is 3.43. The van der Waals surface area contributed by atoms with Gasteiger partial charge in [-0.05, 0) is 42.0 Å². The third-order valence-electron chi connectivity index (χ3n) is 4.82. The van der Waals surface area contributed by atoms with E-state index in [0.29, 0.717) is 30.6 Å². The maximum Gasteiger partial charge on any atom is 0.280 e. The van der Waals surface area contributed by atoms with Gasteiger partial charge in [-0.3, -0.25) is 0 Å². The van der Waals surface area contributed by atoms with E-state index in [4.69, 9.17) is 14.0 Å². The van der Waals surface area contributed by atoms with Gasteiger partial charge in [0.25, 0.3) is 5.89 Å². The number of ether oxygens (including phenoxy) is 2. The van der Waals surface area contributed by atoms with E-state index in [1.165, 1.54) is 0 Å². The van der Waals surface area contributed by atoms with E-state index in [1.807, 2.05) is 53.2 Å². The molecule has 4 aromatic rings. The molecule has 0 radical (unpaired) electrons. The summed E-state index contributed by atoms with van der Waals surface area (Å²) in [6.45, 7) is 0.914. The molecule has 0 saturated carbocycles.